The largest absolute Gasteiger partial charge is 0.421 e. The Balaban J connectivity index is 1.46. The van der Waals surface area contributed by atoms with Crippen LogP contribution in [0.15, 0.2) is 71.8 Å². The number of halogens is 1. The smallest absolute Gasteiger partial charge is 0.247 e. The Hall–Kier alpha value is -4.14. The zero-order chi connectivity index (χ0) is 27.6. The third-order valence-electron chi connectivity index (χ3n) is 7.76. The Bertz CT molecular complexity index is 1650. The van der Waals surface area contributed by atoms with Gasteiger partial charge < -0.3 is 14.1 Å². The molecule has 2 aromatic carbocycles. The molecule has 1 fully saturated rings. The van der Waals surface area contributed by atoms with Gasteiger partial charge in [-0.2, -0.15) is 0 Å². The molecule has 2 N–H and O–H groups in total. The first-order valence-electron chi connectivity index (χ1n) is 13.7. The van der Waals surface area contributed by atoms with Crippen LogP contribution in [0.4, 0.5) is 4.39 Å². The van der Waals surface area contributed by atoms with Crippen molar-refractivity contribution in [2.75, 3.05) is 0 Å². The molecular weight excluding hydrogens is 505 g/mol. The molecule has 1 aliphatic rings. The van der Waals surface area contributed by atoms with Crippen molar-refractivity contribution in [3.8, 4) is 11.5 Å². The van der Waals surface area contributed by atoms with Gasteiger partial charge in [-0.1, -0.05) is 43.7 Å². The molecule has 1 atom stereocenters. The molecule has 0 radical (unpaired) electrons. The van der Waals surface area contributed by atoms with Crippen molar-refractivity contribution < 1.29 is 13.9 Å². The van der Waals surface area contributed by atoms with Gasteiger partial charge >= 0.3 is 0 Å². The predicted molar refractivity (Wildman–Crippen MR) is 153 cm³/mol. The van der Waals surface area contributed by atoms with Crippen LogP contribution in [0.2, 0.25) is 0 Å². The fourth-order valence-electron chi connectivity index (χ4n) is 5.87. The quantitative estimate of drug-likeness (QED) is 0.204. The number of aromatic nitrogens is 4. The van der Waals surface area contributed by atoms with E-state index in [0.29, 0.717) is 36.4 Å². The van der Waals surface area contributed by atoms with E-state index < -0.39 is 6.23 Å². The average molecular weight is 538 g/mol. The molecule has 8 heteroatoms. The second-order valence-electron chi connectivity index (χ2n) is 10.4. The van der Waals surface area contributed by atoms with Gasteiger partial charge in [0.25, 0.3) is 0 Å². The van der Waals surface area contributed by atoms with Crippen molar-refractivity contribution in [3.63, 3.8) is 0 Å². The normalized spacial score (nSPS) is 14.7. The van der Waals surface area contributed by atoms with E-state index in [1.165, 1.54) is 12.1 Å². The second kappa shape index (κ2) is 11.2. The van der Waals surface area contributed by atoms with Crippen molar-refractivity contribution in [1.82, 2.24) is 25.1 Å². The van der Waals surface area contributed by atoms with Crippen LogP contribution in [-0.2, 0) is 13.1 Å². The van der Waals surface area contributed by atoms with E-state index in [-0.39, 0.29) is 5.82 Å². The number of benzene rings is 2. The van der Waals surface area contributed by atoms with Gasteiger partial charge in [0.2, 0.25) is 11.8 Å². The summed E-state index contributed by atoms with van der Waals surface area (Å²) >= 11 is 0. The van der Waals surface area contributed by atoms with E-state index in [4.69, 9.17) is 4.42 Å². The summed E-state index contributed by atoms with van der Waals surface area (Å²) in [6, 6.07) is 16.9. The van der Waals surface area contributed by atoms with Gasteiger partial charge in [0.1, 0.15) is 12.0 Å². The topological polar surface area (TPSA) is 89.0 Å². The van der Waals surface area contributed by atoms with Gasteiger partial charge in [0.15, 0.2) is 0 Å². The fraction of sp³-hybridized carbons (Fsp3) is 0.281. The summed E-state index contributed by atoms with van der Waals surface area (Å²) in [6.45, 7) is 6.42. The van der Waals surface area contributed by atoms with Crippen LogP contribution in [0.1, 0.15) is 71.8 Å². The number of fused-ring (bicyclic) bond motifs is 1. The molecular formula is C32H32FN5O2. The Morgan fingerprint density at radius 2 is 2.00 bits per heavy atom. The Kier molecular flexibility index (Phi) is 7.28. The molecule has 7 nitrogen and oxygen atoms in total. The van der Waals surface area contributed by atoms with E-state index >= 15 is 0 Å². The molecule has 3 aromatic heterocycles. The summed E-state index contributed by atoms with van der Waals surface area (Å²) in [5.74, 6) is 0.968. The van der Waals surface area contributed by atoms with Crippen molar-refractivity contribution in [3.05, 3.63) is 107 Å². The van der Waals surface area contributed by atoms with Gasteiger partial charge in [0, 0.05) is 53.0 Å². The minimum absolute atomic E-state index is 0.312. The number of nitrogens with zero attached hydrogens (tertiary/aromatic N) is 4. The molecule has 0 saturated heterocycles. The molecule has 40 heavy (non-hydrogen) atoms. The summed E-state index contributed by atoms with van der Waals surface area (Å²) < 4.78 is 22.0. The van der Waals surface area contributed by atoms with Crippen molar-refractivity contribution >= 4 is 17.0 Å². The first-order chi connectivity index (χ1) is 19.5. The van der Waals surface area contributed by atoms with Gasteiger partial charge in [-0.3, -0.25) is 10.3 Å². The highest BCUT2D eigenvalue weighted by atomic mass is 19.1. The number of aliphatic hydroxyl groups excluding tert-OH is 1. The molecule has 6 rings (SSSR count). The molecule has 1 aliphatic carbocycles. The number of nitrogens with one attached hydrogen (secondary N) is 1. The first-order valence-corrected chi connectivity index (χ1v) is 13.7. The summed E-state index contributed by atoms with van der Waals surface area (Å²) in [4.78, 5) is 4.61. The molecule has 204 valence electrons. The summed E-state index contributed by atoms with van der Waals surface area (Å²) in [5.41, 5.74) is 6.05. The zero-order valence-corrected chi connectivity index (χ0v) is 22.5. The fourth-order valence-corrected chi connectivity index (χ4v) is 5.87. The lowest BCUT2D eigenvalue weighted by molar-refractivity contribution is 0.137. The van der Waals surface area contributed by atoms with Crippen molar-refractivity contribution in [2.24, 2.45) is 0 Å². The predicted octanol–water partition coefficient (Wildman–Crippen LogP) is 6.66. The Morgan fingerprint density at radius 1 is 1.15 bits per heavy atom. The standard InChI is InChI=1S/C32H32FN5O2/c1-3-22-16-21(11-14-27(22)33)18-35-31(39)29-26-13-12-24(32-37-36-20(2)40-32)17-28(26)38(19-25-10-6-7-15-34-25)30(29)23-8-4-5-9-23/h3,6-7,10-17,23,31,35,39H,1,4-5,8-9,18-19H2,2H3. The molecule has 3 heterocycles. The average Bonchev–Trinajstić information content (AvgIpc) is 3.72. The lowest BCUT2D eigenvalue weighted by Crippen LogP contribution is -2.22. The Labute approximate surface area is 232 Å². The maximum atomic E-state index is 14.0. The molecule has 0 amide bonds. The van der Waals surface area contributed by atoms with Crippen LogP contribution in [-0.4, -0.2) is 24.9 Å². The van der Waals surface area contributed by atoms with E-state index in [9.17, 15) is 9.50 Å². The zero-order valence-electron chi connectivity index (χ0n) is 22.5. The van der Waals surface area contributed by atoms with E-state index in [2.05, 4.69) is 37.7 Å². The van der Waals surface area contributed by atoms with Crippen LogP contribution >= 0.6 is 0 Å². The van der Waals surface area contributed by atoms with Gasteiger partial charge in [-0.15, -0.1) is 10.2 Å². The van der Waals surface area contributed by atoms with E-state index in [1.807, 2.05) is 30.3 Å². The number of hydrogen-bond acceptors (Lipinski definition) is 6. The number of rotatable bonds is 9. The number of aliphatic hydroxyl groups is 1. The monoisotopic (exact) mass is 537 g/mol. The summed E-state index contributed by atoms with van der Waals surface area (Å²) in [7, 11) is 0. The Morgan fingerprint density at radius 3 is 2.73 bits per heavy atom. The highest BCUT2D eigenvalue weighted by molar-refractivity contribution is 5.89. The van der Waals surface area contributed by atoms with Crippen LogP contribution in [0, 0.1) is 12.7 Å². The van der Waals surface area contributed by atoms with E-state index in [1.54, 1.807) is 25.3 Å². The van der Waals surface area contributed by atoms with Gasteiger partial charge in [-0.05, 0) is 60.7 Å². The minimum Gasteiger partial charge on any atom is -0.421 e. The molecule has 0 aliphatic heterocycles. The third kappa shape index (κ3) is 5.08. The summed E-state index contributed by atoms with van der Waals surface area (Å²) in [5, 5.41) is 24.2. The molecule has 1 unspecified atom stereocenters. The minimum atomic E-state index is -0.934. The number of aryl methyl sites for hydroxylation is 1. The molecule has 1 saturated carbocycles. The third-order valence-corrected chi connectivity index (χ3v) is 7.76. The summed E-state index contributed by atoms with van der Waals surface area (Å²) in [6.07, 6.45) is 6.82. The van der Waals surface area contributed by atoms with Crippen molar-refractivity contribution in [1.29, 1.82) is 0 Å². The SMILES string of the molecule is C=Cc1cc(CNC(O)c2c(C3CCCC3)n(Cc3ccccn3)c3cc(-c4nnc(C)o4)ccc23)ccc1F. The van der Waals surface area contributed by atoms with Gasteiger partial charge in [0.05, 0.1) is 12.2 Å². The molecule has 0 spiro atoms. The van der Waals surface area contributed by atoms with Crippen LogP contribution in [0.3, 0.4) is 0 Å². The maximum Gasteiger partial charge on any atom is 0.247 e. The highest BCUT2D eigenvalue weighted by Crippen LogP contribution is 2.43. The van der Waals surface area contributed by atoms with Crippen LogP contribution in [0.25, 0.3) is 28.4 Å². The van der Waals surface area contributed by atoms with Crippen molar-refractivity contribution in [2.45, 2.75) is 57.8 Å². The molecule has 0 bridgehead atoms. The first kappa shape index (κ1) is 26.1. The molecule has 5 aromatic rings. The lowest BCUT2D eigenvalue weighted by atomic mass is 9.97. The van der Waals surface area contributed by atoms with Crippen LogP contribution in [0.5, 0.6) is 0 Å². The van der Waals surface area contributed by atoms with E-state index in [0.717, 1.165) is 64.7 Å². The second-order valence-corrected chi connectivity index (χ2v) is 10.4. The maximum absolute atomic E-state index is 14.0. The number of hydrogen-bond donors (Lipinski definition) is 2. The van der Waals surface area contributed by atoms with Gasteiger partial charge in [-0.25, -0.2) is 4.39 Å². The van der Waals surface area contributed by atoms with Crippen LogP contribution < -0.4 is 5.32 Å². The lowest BCUT2D eigenvalue weighted by Gasteiger charge is -2.21. The number of pyridine rings is 1. The highest BCUT2D eigenvalue weighted by Gasteiger charge is 2.30.